The SMILES string of the molecule is CC(=O)/C=C(/C)O.CC(C)c1[c-]c(-c2nccc3c2ccc2c4ccc(-c5c(C(C)C)cccc5C(C)C)cc4ccc32)cc(C(C)C)c1.[Ir]. The molecule has 0 atom stereocenters. The Balaban J connectivity index is 0.000000638. The summed E-state index contributed by atoms with van der Waals surface area (Å²) in [5.41, 5.74) is 10.2. The van der Waals surface area contributed by atoms with E-state index in [0.717, 1.165) is 11.3 Å². The van der Waals surface area contributed by atoms with Gasteiger partial charge in [0.05, 0.1) is 5.76 Å². The zero-order chi connectivity index (χ0) is 35.6. The van der Waals surface area contributed by atoms with Crippen LogP contribution < -0.4 is 0 Å². The Morgan fingerprint density at radius 2 is 1.26 bits per heavy atom. The maximum absolute atomic E-state index is 10.0. The summed E-state index contributed by atoms with van der Waals surface area (Å²) in [7, 11) is 0. The first kappa shape index (κ1) is 38.7. The number of ketones is 1. The topological polar surface area (TPSA) is 50.2 Å². The summed E-state index contributed by atoms with van der Waals surface area (Å²) in [6.45, 7) is 21.0. The average Bonchev–Trinajstić information content (AvgIpc) is 3.06. The number of carbonyl (C=O) groups is 1. The fourth-order valence-corrected chi connectivity index (χ4v) is 6.75. The zero-order valence-corrected chi connectivity index (χ0v) is 33.5. The maximum Gasteiger partial charge on any atom is 0.155 e. The number of aliphatic hydroxyl groups excluding tert-OH is 1. The number of allylic oxidation sites excluding steroid dienone is 2. The van der Waals surface area contributed by atoms with E-state index in [9.17, 15) is 4.79 Å². The van der Waals surface area contributed by atoms with Crippen LogP contribution in [0.5, 0.6) is 0 Å². The van der Waals surface area contributed by atoms with Crippen molar-refractivity contribution in [2.24, 2.45) is 0 Å². The van der Waals surface area contributed by atoms with Gasteiger partial charge in [0.2, 0.25) is 0 Å². The molecule has 1 N–H and O–H groups in total. The third-order valence-corrected chi connectivity index (χ3v) is 9.29. The standard InChI is InChI=1S/C41H42N.C5H8O2.Ir/c1-24(2)30-21-31(25(3)4)23-32(22-30)41-39-17-16-36-35-14-13-29(20-28(35)12-15-37(36)38(39)18-19-42-41)40-33(26(5)6)10-9-11-34(40)27(7)8;1-4(6)3-5(2)7;/h9-22,24-27H,1-8H3;3,6H,1-2H3;/q-1;;/b;4-3-;. The van der Waals surface area contributed by atoms with E-state index in [1.165, 1.54) is 85.6 Å². The molecule has 1 aromatic heterocycles. The molecular weight excluding hydrogens is 791 g/mol. The Bertz CT molecular complexity index is 2130. The van der Waals surface area contributed by atoms with Crippen LogP contribution in [0.2, 0.25) is 0 Å². The van der Waals surface area contributed by atoms with E-state index in [1.54, 1.807) is 0 Å². The summed E-state index contributed by atoms with van der Waals surface area (Å²) < 4.78 is 0. The molecule has 3 nitrogen and oxygen atoms in total. The molecule has 0 bridgehead atoms. The van der Waals surface area contributed by atoms with Crippen molar-refractivity contribution in [1.82, 2.24) is 4.98 Å². The van der Waals surface area contributed by atoms with Gasteiger partial charge in [0.25, 0.3) is 0 Å². The van der Waals surface area contributed by atoms with Crippen molar-refractivity contribution in [2.45, 2.75) is 92.9 Å². The van der Waals surface area contributed by atoms with Gasteiger partial charge in [0.15, 0.2) is 5.78 Å². The Kier molecular flexibility index (Phi) is 12.6. The van der Waals surface area contributed by atoms with Gasteiger partial charge in [-0.2, -0.15) is 0 Å². The van der Waals surface area contributed by atoms with Crippen LogP contribution in [-0.2, 0) is 24.9 Å². The number of aliphatic hydroxyl groups is 1. The van der Waals surface area contributed by atoms with E-state index in [4.69, 9.17) is 10.1 Å². The molecule has 0 spiro atoms. The van der Waals surface area contributed by atoms with Gasteiger partial charge in [-0.25, -0.2) is 0 Å². The molecule has 261 valence electrons. The van der Waals surface area contributed by atoms with Crippen LogP contribution >= 0.6 is 0 Å². The summed E-state index contributed by atoms with van der Waals surface area (Å²) in [6.07, 6.45) is 3.13. The van der Waals surface area contributed by atoms with Gasteiger partial charge >= 0.3 is 0 Å². The summed E-state index contributed by atoms with van der Waals surface area (Å²) in [4.78, 5) is 14.9. The van der Waals surface area contributed by atoms with E-state index >= 15 is 0 Å². The van der Waals surface area contributed by atoms with Crippen LogP contribution in [0.3, 0.4) is 0 Å². The fourth-order valence-electron chi connectivity index (χ4n) is 6.75. The van der Waals surface area contributed by atoms with Crippen LogP contribution in [0.15, 0.2) is 96.9 Å². The number of nitrogens with zero attached hydrogens (tertiary/aromatic N) is 1. The van der Waals surface area contributed by atoms with Crippen molar-refractivity contribution < 1.29 is 30.0 Å². The molecule has 4 heteroatoms. The van der Waals surface area contributed by atoms with Crippen LogP contribution in [0, 0.1) is 6.07 Å². The van der Waals surface area contributed by atoms with Gasteiger partial charge in [0.1, 0.15) is 0 Å². The molecule has 0 amide bonds. The van der Waals surface area contributed by atoms with E-state index in [2.05, 4.69) is 140 Å². The molecule has 50 heavy (non-hydrogen) atoms. The number of rotatable bonds is 7. The predicted octanol–water partition coefficient (Wildman–Crippen LogP) is 13.2. The van der Waals surface area contributed by atoms with Crippen molar-refractivity contribution in [3.05, 3.63) is 125 Å². The van der Waals surface area contributed by atoms with Crippen LogP contribution in [-0.4, -0.2) is 15.9 Å². The number of pyridine rings is 1. The normalized spacial score (nSPS) is 11.8. The third-order valence-electron chi connectivity index (χ3n) is 9.29. The molecule has 0 aliphatic heterocycles. The Morgan fingerprint density at radius 3 is 1.82 bits per heavy atom. The van der Waals surface area contributed by atoms with Gasteiger partial charge in [-0.3, -0.25) is 4.79 Å². The Morgan fingerprint density at radius 1 is 0.680 bits per heavy atom. The molecule has 1 radical (unpaired) electrons. The van der Waals surface area contributed by atoms with E-state index < -0.39 is 0 Å². The molecule has 0 aliphatic carbocycles. The molecule has 0 fully saturated rings. The van der Waals surface area contributed by atoms with Crippen molar-refractivity contribution in [2.75, 3.05) is 0 Å². The van der Waals surface area contributed by atoms with E-state index in [0.29, 0.717) is 23.7 Å². The predicted molar refractivity (Wildman–Crippen MR) is 210 cm³/mol. The first-order chi connectivity index (χ1) is 23.3. The van der Waals surface area contributed by atoms with E-state index in [-0.39, 0.29) is 31.6 Å². The molecule has 0 saturated heterocycles. The minimum atomic E-state index is -0.125. The smallest absolute Gasteiger partial charge is 0.155 e. The minimum Gasteiger partial charge on any atom is -0.512 e. The number of fused-ring (bicyclic) bond motifs is 5. The Labute approximate surface area is 312 Å². The fraction of sp³-hybridized carbons (Fsp3) is 0.304. The zero-order valence-electron chi connectivity index (χ0n) is 31.1. The molecule has 0 unspecified atom stereocenters. The first-order valence-electron chi connectivity index (χ1n) is 17.6. The van der Waals surface area contributed by atoms with Crippen molar-refractivity contribution >= 4 is 38.1 Å². The number of hydrogen-bond donors (Lipinski definition) is 1. The van der Waals surface area contributed by atoms with Crippen molar-refractivity contribution in [3.63, 3.8) is 0 Å². The second-order valence-electron chi connectivity index (χ2n) is 14.5. The summed E-state index contributed by atoms with van der Waals surface area (Å²) in [5, 5.41) is 15.9. The second kappa shape index (κ2) is 16.3. The van der Waals surface area contributed by atoms with Gasteiger partial charge in [-0.15, -0.1) is 34.9 Å². The van der Waals surface area contributed by atoms with Gasteiger partial charge in [0, 0.05) is 32.4 Å². The minimum absolute atomic E-state index is 0. The monoisotopic (exact) mass is 841 g/mol. The van der Waals surface area contributed by atoms with Gasteiger partial charge in [-0.05, 0) is 110 Å². The Hall–Kier alpha value is -4.11. The molecule has 6 aromatic rings. The van der Waals surface area contributed by atoms with Gasteiger partial charge in [-0.1, -0.05) is 110 Å². The van der Waals surface area contributed by atoms with Crippen molar-refractivity contribution in [1.29, 1.82) is 0 Å². The number of aromatic nitrogens is 1. The number of benzene rings is 5. The quantitative estimate of drug-likeness (QED) is 0.0754. The molecule has 1 heterocycles. The summed E-state index contributed by atoms with van der Waals surface area (Å²) in [5.74, 6) is 1.74. The molecule has 6 rings (SSSR count). The number of hydrogen-bond acceptors (Lipinski definition) is 3. The van der Waals surface area contributed by atoms with Crippen LogP contribution in [0.4, 0.5) is 0 Å². The summed E-state index contributed by atoms with van der Waals surface area (Å²) >= 11 is 0. The molecular formula is C46H50IrNO2-. The second-order valence-corrected chi connectivity index (χ2v) is 14.5. The van der Waals surface area contributed by atoms with E-state index in [1.807, 2.05) is 6.20 Å². The first-order valence-corrected chi connectivity index (χ1v) is 17.6. The van der Waals surface area contributed by atoms with Crippen LogP contribution in [0.25, 0.3) is 54.7 Å². The largest absolute Gasteiger partial charge is 0.512 e. The van der Waals surface area contributed by atoms with Gasteiger partial charge < -0.3 is 10.1 Å². The van der Waals surface area contributed by atoms with Crippen molar-refractivity contribution in [3.8, 4) is 22.4 Å². The molecule has 0 aliphatic rings. The van der Waals surface area contributed by atoms with Crippen LogP contribution in [0.1, 0.15) is 115 Å². The average molecular weight is 841 g/mol. The third kappa shape index (κ3) is 8.26. The molecule has 5 aromatic carbocycles. The number of carbonyl (C=O) groups excluding carboxylic acids is 1. The molecule has 0 saturated carbocycles. The summed E-state index contributed by atoms with van der Waals surface area (Å²) in [6, 6.07) is 33.5. The maximum atomic E-state index is 10.0.